The van der Waals surface area contributed by atoms with Crippen LogP contribution in [0.3, 0.4) is 0 Å². The predicted octanol–water partition coefficient (Wildman–Crippen LogP) is 2.69. The summed E-state index contributed by atoms with van der Waals surface area (Å²) in [6, 6.07) is 15.7. The smallest absolute Gasteiger partial charge is 0.241 e. The lowest BCUT2D eigenvalue weighted by Gasteiger charge is -2.35. The molecule has 0 bridgehead atoms. The highest BCUT2D eigenvalue weighted by Crippen LogP contribution is 2.12. The Hall–Kier alpha value is -1.98. The van der Waals surface area contributed by atoms with Crippen LogP contribution in [0.2, 0.25) is 0 Å². The fourth-order valence-corrected chi connectivity index (χ4v) is 2.57. The summed E-state index contributed by atoms with van der Waals surface area (Å²) >= 11 is 0. The van der Waals surface area contributed by atoms with E-state index in [1.54, 1.807) is 6.20 Å². The van der Waals surface area contributed by atoms with Crippen molar-refractivity contribution in [2.75, 3.05) is 42.9 Å². The lowest BCUT2D eigenvalue weighted by atomic mass is 10.3. The van der Waals surface area contributed by atoms with Crippen LogP contribution < -0.4 is 10.2 Å². The standard InChI is InChI=1S/C17H20N4O.2ClH/c22-17(14-19-15-6-2-1-3-7-15)21-12-10-20(11-13-21)16-8-4-5-9-18-16;;/h1-9,19H,10-14H2;2*1H. The number of halogens is 2. The summed E-state index contributed by atoms with van der Waals surface area (Å²) in [5.74, 6) is 1.13. The number of amides is 1. The summed E-state index contributed by atoms with van der Waals surface area (Å²) in [7, 11) is 0. The molecule has 1 aliphatic rings. The number of hydrogen-bond donors (Lipinski definition) is 1. The Kier molecular flexibility index (Phi) is 8.36. The van der Waals surface area contributed by atoms with Gasteiger partial charge in [-0.1, -0.05) is 24.3 Å². The number of carbonyl (C=O) groups excluding carboxylic acids is 1. The van der Waals surface area contributed by atoms with E-state index in [2.05, 4.69) is 15.2 Å². The Bertz CT molecular complexity index is 605. The van der Waals surface area contributed by atoms with Crippen molar-refractivity contribution in [3.05, 3.63) is 54.7 Å². The van der Waals surface area contributed by atoms with Gasteiger partial charge in [0, 0.05) is 38.1 Å². The van der Waals surface area contributed by atoms with Gasteiger partial charge in [-0.05, 0) is 24.3 Å². The molecule has 3 rings (SSSR count). The second-order valence-corrected chi connectivity index (χ2v) is 5.28. The van der Waals surface area contributed by atoms with Crippen molar-refractivity contribution in [1.82, 2.24) is 9.88 Å². The number of carbonyl (C=O) groups is 1. The number of nitrogens with zero attached hydrogens (tertiary/aromatic N) is 3. The fraction of sp³-hybridized carbons (Fsp3) is 0.294. The van der Waals surface area contributed by atoms with Gasteiger partial charge in [0.25, 0.3) is 0 Å². The normalized spacial score (nSPS) is 13.5. The second-order valence-electron chi connectivity index (χ2n) is 5.28. The van der Waals surface area contributed by atoms with Gasteiger partial charge in [-0.15, -0.1) is 24.8 Å². The van der Waals surface area contributed by atoms with Gasteiger partial charge in [0.2, 0.25) is 5.91 Å². The number of hydrogen-bond acceptors (Lipinski definition) is 4. The number of aromatic nitrogens is 1. The third-order valence-electron chi connectivity index (χ3n) is 3.82. The maximum absolute atomic E-state index is 12.2. The molecule has 1 aliphatic heterocycles. The van der Waals surface area contributed by atoms with Crippen LogP contribution in [-0.2, 0) is 4.79 Å². The molecule has 1 aromatic carbocycles. The zero-order chi connectivity index (χ0) is 15.2. The van der Waals surface area contributed by atoms with Crippen LogP contribution in [0.15, 0.2) is 54.7 Å². The SMILES string of the molecule is Cl.Cl.O=C(CNc1ccccc1)N1CCN(c2ccccn2)CC1. The first kappa shape index (κ1) is 20.1. The maximum Gasteiger partial charge on any atom is 0.241 e. The van der Waals surface area contributed by atoms with Gasteiger partial charge in [-0.3, -0.25) is 4.79 Å². The van der Waals surface area contributed by atoms with Gasteiger partial charge in [-0.25, -0.2) is 4.98 Å². The summed E-state index contributed by atoms with van der Waals surface area (Å²) in [6.07, 6.45) is 1.80. The largest absolute Gasteiger partial charge is 0.376 e. The molecular formula is C17H22Cl2N4O. The number of pyridine rings is 1. The minimum atomic E-state index is 0. The lowest BCUT2D eigenvalue weighted by Crippen LogP contribution is -2.50. The molecule has 2 aromatic rings. The Morgan fingerprint density at radius 2 is 1.62 bits per heavy atom. The minimum absolute atomic E-state index is 0. The van der Waals surface area contributed by atoms with Crippen molar-refractivity contribution in [3.63, 3.8) is 0 Å². The number of anilines is 2. The number of piperazine rings is 1. The summed E-state index contributed by atoms with van der Waals surface area (Å²) in [4.78, 5) is 20.7. The highest BCUT2D eigenvalue weighted by molar-refractivity contribution is 5.85. The molecule has 0 atom stereocenters. The number of rotatable bonds is 4. The fourth-order valence-electron chi connectivity index (χ4n) is 2.57. The molecule has 1 saturated heterocycles. The van der Waals surface area contributed by atoms with E-state index in [0.29, 0.717) is 6.54 Å². The van der Waals surface area contributed by atoms with Crippen molar-refractivity contribution in [2.45, 2.75) is 0 Å². The van der Waals surface area contributed by atoms with Crippen LogP contribution >= 0.6 is 24.8 Å². The first-order valence-corrected chi connectivity index (χ1v) is 7.55. The maximum atomic E-state index is 12.2. The third kappa shape index (κ3) is 5.28. The molecule has 1 aromatic heterocycles. The molecule has 0 unspecified atom stereocenters. The quantitative estimate of drug-likeness (QED) is 0.900. The van der Waals surface area contributed by atoms with E-state index in [1.807, 2.05) is 53.4 Å². The van der Waals surface area contributed by atoms with Crippen molar-refractivity contribution in [2.24, 2.45) is 0 Å². The van der Waals surface area contributed by atoms with Crippen LogP contribution in [0.25, 0.3) is 0 Å². The van der Waals surface area contributed by atoms with Crippen LogP contribution in [0.1, 0.15) is 0 Å². The van der Waals surface area contributed by atoms with Gasteiger partial charge in [-0.2, -0.15) is 0 Å². The van der Waals surface area contributed by atoms with E-state index < -0.39 is 0 Å². The van der Waals surface area contributed by atoms with Gasteiger partial charge in [0.15, 0.2) is 0 Å². The second kappa shape index (κ2) is 10.0. The van der Waals surface area contributed by atoms with Gasteiger partial charge >= 0.3 is 0 Å². The zero-order valence-electron chi connectivity index (χ0n) is 13.3. The van der Waals surface area contributed by atoms with Crippen LogP contribution in [0.4, 0.5) is 11.5 Å². The molecular weight excluding hydrogens is 347 g/mol. The molecule has 24 heavy (non-hydrogen) atoms. The molecule has 5 nitrogen and oxygen atoms in total. The van der Waals surface area contributed by atoms with E-state index in [1.165, 1.54) is 0 Å². The minimum Gasteiger partial charge on any atom is -0.376 e. The van der Waals surface area contributed by atoms with E-state index in [4.69, 9.17) is 0 Å². The van der Waals surface area contributed by atoms with Crippen molar-refractivity contribution in [3.8, 4) is 0 Å². The molecule has 0 spiro atoms. The molecule has 1 N–H and O–H groups in total. The molecule has 1 amide bonds. The van der Waals surface area contributed by atoms with E-state index in [0.717, 1.165) is 37.7 Å². The van der Waals surface area contributed by atoms with E-state index in [9.17, 15) is 4.79 Å². The Morgan fingerprint density at radius 3 is 2.25 bits per heavy atom. The highest BCUT2D eigenvalue weighted by Gasteiger charge is 2.21. The molecule has 0 saturated carbocycles. The topological polar surface area (TPSA) is 48.5 Å². The molecule has 2 heterocycles. The number of para-hydroxylation sites is 1. The van der Waals surface area contributed by atoms with Crippen molar-refractivity contribution in [1.29, 1.82) is 0 Å². The number of nitrogens with one attached hydrogen (secondary N) is 1. The number of benzene rings is 1. The third-order valence-corrected chi connectivity index (χ3v) is 3.82. The monoisotopic (exact) mass is 368 g/mol. The van der Waals surface area contributed by atoms with Gasteiger partial charge in [0.1, 0.15) is 5.82 Å². The summed E-state index contributed by atoms with van der Waals surface area (Å²) < 4.78 is 0. The molecule has 130 valence electrons. The average molecular weight is 369 g/mol. The van der Waals surface area contributed by atoms with Crippen LogP contribution in [0, 0.1) is 0 Å². The van der Waals surface area contributed by atoms with Crippen molar-refractivity contribution >= 4 is 42.2 Å². The van der Waals surface area contributed by atoms with Crippen LogP contribution in [-0.4, -0.2) is 48.5 Å². The molecule has 1 fully saturated rings. The lowest BCUT2D eigenvalue weighted by molar-refractivity contribution is -0.129. The predicted molar refractivity (Wildman–Crippen MR) is 102 cm³/mol. The molecule has 0 aliphatic carbocycles. The van der Waals surface area contributed by atoms with Gasteiger partial charge in [0.05, 0.1) is 6.54 Å². The zero-order valence-corrected chi connectivity index (χ0v) is 14.9. The Labute approximate surface area is 154 Å². The Balaban J connectivity index is 0.00000144. The summed E-state index contributed by atoms with van der Waals surface area (Å²) in [5, 5.41) is 3.17. The van der Waals surface area contributed by atoms with Crippen LogP contribution in [0.5, 0.6) is 0 Å². The van der Waals surface area contributed by atoms with E-state index in [-0.39, 0.29) is 30.7 Å². The summed E-state index contributed by atoms with van der Waals surface area (Å²) in [6.45, 7) is 3.48. The average Bonchev–Trinajstić information content (AvgIpc) is 2.61. The van der Waals surface area contributed by atoms with Crippen molar-refractivity contribution < 1.29 is 4.79 Å². The van der Waals surface area contributed by atoms with E-state index >= 15 is 0 Å². The highest BCUT2D eigenvalue weighted by atomic mass is 35.5. The molecule has 7 heteroatoms. The Morgan fingerprint density at radius 1 is 0.958 bits per heavy atom. The first-order chi connectivity index (χ1) is 10.8. The molecule has 0 radical (unpaired) electrons. The first-order valence-electron chi connectivity index (χ1n) is 7.55. The summed E-state index contributed by atoms with van der Waals surface area (Å²) in [5.41, 5.74) is 0.975. The van der Waals surface area contributed by atoms with Gasteiger partial charge < -0.3 is 15.1 Å².